The zero-order valence-electron chi connectivity index (χ0n) is 17.2. The summed E-state index contributed by atoms with van der Waals surface area (Å²) in [4.78, 5) is 33.6. The van der Waals surface area contributed by atoms with Gasteiger partial charge in [0.1, 0.15) is 5.82 Å². The van der Waals surface area contributed by atoms with Crippen LogP contribution in [0.15, 0.2) is 48.7 Å². The summed E-state index contributed by atoms with van der Waals surface area (Å²) in [6.07, 6.45) is 7.49. The molecular weight excluding hydrogens is 362 g/mol. The van der Waals surface area contributed by atoms with E-state index in [1.54, 1.807) is 12.3 Å². The molecule has 29 heavy (non-hydrogen) atoms. The van der Waals surface area contributed by atoms with E-state index in [0.717, 1.165) is 44.1 Å². The molecule has 0 bridgehead atoms. The molecule has 2 heterocycles. The van der Waals surface area contributed by atoms with Gasteiger partial charge in [0.15, 0.2) is 0 Å². The highest BCUT2D eigenvalue weighted by Gasteiger charge is 2.55. The summed E-state index contributed by atoms with van der Waals surface area (Å²) >= 11 is 0. The molecule has 4 rings (SSSR count). The van der Waals surface area contributed by atoms with E-state index in [2.05, 4.69) is 29.0 Å². The molecule has 1 aromatic carbocycles. The molecule has 2 atom stereocenters. The van der Waals surface area contributed by atoms with Gasteiger partial charge in [-0.2, -0.15) is 0 Å². The second kappa shape index (κ2) is 7.97. The third kappa shape index (κ3) is 3.33. The van der Waals surface area contributed by atoms with Crippen LogP contribution in [0.1, 0.15) is 74.2 Å². The van der Waals surface area contributed by atoms with E-state index in [0.29, 0.717) is 11.4 Å². The molecule has 0 saturated heterocycles. The van der Waals surface area contributed by atoms with E-state index in [9.17, 15) is 9.59 Å². The lowest BCUT2D eigenvalue weighted by Gasteiger charge is -2.55. The first-order chi connectivity index (χ1) is 14.1. The summed E-state index contributed by atoms with van der Waals surface area (Å²) in [7, 11) is 0. The van der Waals surface area contributed by atoms with Crippen molar-refractivity contribution in [2.45, 2.75) is 69.9 Å². The summed E-state index contributed by atoms with van der Waals surface area (Å²) in [6.45, 7) is 4.22. The molecule has 5 heteroatoms. The Morgan fingerprint density at radius 3 is 2.59 bits per heavy atom. The third-order valence-corrected chi connectivity index (χ3v) is 6.67. The van der Waals surface area contributed by atoms with Crippen LogP contribution in [0.25, 0.3) is 0 Å². The lowest BCUT2D eigenvalue weighted by Crippen LogP contribution is -2.64. The van der Waals surface area contributed by atoms with E-state index < -0.39 is 11.5 Å². The quantitative estimate of drug-likeness (QED) is 0.817. The van der Waals surface area contributed by atoms with E-state index in [-0.39, 0.29) is 17.9 Å². The molecule has 1 aliphatic carbocycles. The fourth-order valence-electron chi connectivity index (χ4n) is 5.24. The molecule has 1 saturated carbocycles. The van der Waals surface area contributed by atoms with E-state index in [1.807, 2.05) is 36.4 Å². The van der Waals surface area contributed by atoms with Crippen LogP contribution >= 0.6 is 0 Å². The van der Waals surface area contributed by atoms with Gasteiger partial charge in [-0.05, 0) is 49.9 Å². The van der Waals surface area contributed by atoms with Gasteiger partial charge in [0.25, 0.3) is 5.91 Å². The maximum atomic E-state index is 13.7. The molecule has 1 fully saturated rings. The number of anilines is 1. The number of nitrogens with zero attached hydrogens (tertiary/aromatic N) is 2. The molecule has 1 N–H and O–H groups in total. The molecule has 0 radical (unpaired) electrons. The van der Waals surface area contributed by atoms with Gasteiger partial charge in [-0.3, -0.25) is 9.59 Å². The number of nitrogens with one attached hydrogen (secondary N) is 1. The van der Waals surface area contributed by atoms with Crippen molar-refractivity contribution in [1.82, 2.24) is 9.88 Å². The Bertz CT molecular complexity index is 890. The Morgan fingerprint density at radius 2 is 1.90 bits per heavy atom. The number of hydrogen-bond donors (Lipinski definition) is 1. The monoisotopic (exact) mass is 391 g/mol. The fraction of sp³-hybridized carbons (Fsp3) is 0.458. The van der Waals surface area contributed by atoms with Crippen molar-refractivity contribution in [3.05, 3.63) is 59.8 Å². The minimum absolute atomic E-state index is 0.0683. The molecule has 2 aromatic rings. The molecule has 0 unspecified atom stereocenters. The van der Waals surface area contributed by atoms with Crippen LogP contribution in [-0.4, -0.2) is 33.3 Å². The molecule has 2 amide bonds. The van der Waals surface area contributed by atoms with Crippen LogP contribution in [0.2, 0.25) is 0 Å². The highest BCUT2D eigenvalue weighted by Crippen LogP contribution is 2.50. The van der Waals surface area contributed by atoms with Gasteiger partial charge in [-0.1, -0.05) is 50.5 Å². The fourth-order valence-corrected chi connectivity index (χ4v) is 5.24. The average molecular weight is 392 g/mol. The largest absolute Gasteiger partial charge is 0.329 e. The average Bonchev–Trinajstić information content (AvgIpc) is 2.75. The second-order valence-corrected chi connectivity index (χ2v) is 8.32. The second-order valence-electron chi connectivity index (χ2n) is 8.32. The maximum absolute atomic E-state index is 13.7. The van der Waals surface area contributed by atoms with E-state index in [1.165, 1.54) is 0 Å². The van der Waals surface area contributed by atoms with Crippen molar-refractivity contribution in [2.75, 3.05) is 5.32 Å². The summed E-state index contributed by atoms with van der Waals surface area (Å²) < 4.78 is 0. The van der Waals surface area contributed by atoms with Gasteiger partial charge >= 0.3 is 0 Å². The SMILES string of the molecule is CC[C@@H](C)N1C(=O)c2ccccc2[C@@H](C(=O)Nc2ccccn2)C12CCCCC2. The van der Waals surface area contributed by atoms with Crippen LogP contribution in [0.4, 0.5) is 5.82 Å². The highest BCUT2D eigenvalue weighted by atomic mass is 16.2. The van der Waals surface area contributed by atoms with Crippen molar-refractivity contribution in [3.8, 4) is 0 Å². The lowest BCUT2D eigenvalue weighted by molar-refractivity contribution is -0.122. The van der Waals surface area contributed by atoms with Crippen molar-refractivity contribution in [1.29, 1.82) is 0 Å². The number of pyridine rings is 1. The summed E-state index contributed by atoms with van der Waals surface area (Å²) in [5.41, 5.74) is 1.04. The van der Waals surface area contributed by atoms with Crippen molar-refractivity contribution >= 4 is 17.6 Å². The zero-order valence-corrected chi connectivity index (χ0v) is 17.2. The Morgan fingerprint density at radius 1 is 1.17 bits per heavy atom. The van der Waals surface area contributed by atoms with Crippen LogP contribution < -0.4 is 5.32 Å². The predicted molar refractivity (Wildman–Crippen MR) is 114 cm³/mol. The first-order valence-corrected chi connectivity index (χ1v) is 10.7. The summed E-state index contributed by atoms with van der Waals surface area (Å²) in [6, 6.07) is 13.2. The van der Waals surface area contributed by atoms with Crippen LogP contribution in [0, 0.1) is 0 Å². The lowest BCUT2D eigenvalue weighted by atomic mass is 9.64. The number of amides is 2. The number of carbonyl (C=O) groups excluding carboxylic acids is 2. The first-order valence-electron chi connectivity index (χ1n) is 10.7. The number of rotatable bonds is 4. The molecule has 1 aliphatic heterocycles. The standard InChI is InChI=1S/C24H29N3O2/c1-3-17(2)27-23(29)19-12-6-5-11-18(19)21(24(27)14-8-4-9-15-24)22(28)26-20-13-7-10-16-25-20/h5-7,10-13,16-17,21H,3-4,8-9,14-15H2,1-2H3,(H,25,26,28)/t17-,21+/m1/s1. The van der Waals surface area contributed by atoms with E-state index in [4.69, 9.17) is 0 Å². The molecular formula is C24H29N3O2. The minimum atomic E-state index is -0.474. The Kier molecular flexibility index (Phi) is 5.39. The third-order valence-electron chi connectivity index (χ3n) is 6.67. The predicted octanol–water partition coefficient (Wildman–Crippen LogP) is 4.76. The van der Waals surface area contributed by atoms with Gasteiger partial charge in [0.05, 0.1) is 11.5 Å². The minimum Gasteiger partial charge on any atom is -0.329 e. The molecule has 5 nitrogen and oxygen atoms in total. The Balaban J connectivity index is 1.85. The number of fused-ring (bicyclic) bond motifs is 1. The van der Waals surface area contributed by atoms with Gasteiger partial charge in [-0.15, -0.1) is 0 Å². The smallest absolute Gasteiger partial charge is 0.254 e. The normalized spacial score (nSPS) is 21.5. The highest BCUT2D eigenvalue weighted by molar-refractivity contribution is 6.05. The topological polar surface area (TPSA) is 62.3 Å². The zero-order chi connectivity index (χ0) is 20.4. The first kappa shape index (κ1) is 19.6. The molecule has 1 spiro atoms. The van der Waals surface area contributed by atoms with Crippen LogP contribution in [-0.2, 0) is 4.79 Å². The number of aromatic nitrogens is 1. The maximum Gasteiger partial charge on any atom is 0.254 e. The van der Waals surface area contributed by atoms with Crippen molar-refractivity contribution in [2.24, 2.45) is 0 Å². The number of hydrogen-bond acceptors (Lipinski definition) is 3. The van der Waals surface area contributed by atoms with Gasteiger partial charge in [-0.25, -0.2) is 4.98 Å². The van der Waals surface area contributed by atoms with Gasteiger partial charge in [0.2, 0.25) is 5.91 Å². The van der Waals surface area contributed by atoms with Gasteiger partial charge in [0, 0.05) is 17.8 Å². The van der Waals surface area contributed by atoms with Crippen molar-refractivity contribution in [3.63, 3.8) is 0 Å². The van der Waals surface area contributed by atoms with Crippen molar-refractivity contribution < 1.29 is 9.59 Å². The Labute approximate surface area is 172 Å². The summed E-state index contributed by atoms with van der Waals surface area (Å²) in [5.74, 6) is 0.151. The molecule has 1 aromatic heterocycles. The Hall–Kier alpha value is -2.69. The summed E-state index contributed by atoms with van der Waals surface area (Å²) in [5, 5.41) is 3.03. The van der Waals surface area contributed by atoms with E-state index >= 15 is 0 Å². The molecule has 2 aliphatic rings. The number of benzene rings is 1. The van der Waals surface area contributed by atoms with Gasteiger partial charge < -0.3 is 10.2 Å². The van der Waals surface area contributed by atoms with Crippen LogP contribution in [0.3, 0.4) is 0 Å². The number of carbonyl (C=O) groups is 2. The molecule has 152 valence electrons. The van der Waals surface area contributed by atoms with Crippen LogP contribution in [0.5, 0.6) is 0 Å².